The van der Waals surface area contributed by atoms with E-state index >= 15 is 0 Å². The van der Waals surface area contributed by atoms with Crippen molar-refractivity contribution in [2.24, 2.45) is 0 Å². The average Bonchev–Trinajstić information content (AvgIpc) is 2.33. The minimum Gasteiger partial charge on any atom is -0.490 e. The summed E-state index contributed by atoms with van der Waals surface area (Å²) in [4.78, 5) is 0. The second kappa shape index (κ2) is 6.01. The minimum atomic E-state index is -0.847. The van der Waals surface area contributed by atoms with E-state index in [0.717, 1.165) is 34.9 Å². The highest BCUT2D eigenvalue weighted by Gasteiger charge is 2.10. The van der Waals surface area contributed by atoms with Gasteiger partial charge >= 0.3 is 0 Å². The van der Waals surface area contributed by atoms with Gasteiger partial charge in [0, 0.05) is 18.2 Å². The van der Waals surface area contributed by atoms with Gasteiger partial charge in [-0.15, -0.1) is 0 Å². The molecule has 0 aliphatic carbocycles. The van der Waals surface area contributed by atoms with E-state index in [1.165, 1.54) is 0 Å². The minimum absolute atomic E-state index is 0.0610. The van der Waals surface area contributed by atoms with Crippen molar-refractivity contribution >= 4 is 0 Å². The first-order valence-electron chi connectivity index (χ1n) is 6.29. The molecule has 4 heteroatoms. The third kappa shape index (κ3) is 3.78. The first kappa shape index (κ1) is 14.5. The summed E-state index contributed by atoms with van der Waals surface area (Å²) in [6, 6.07) is 8.64. The third-order valence-electron chi connectivity index (χ3n) is 2.87. The predicted octanol–water partition coefficient (Wildman–Crippen LogP) is 3.69. The zero-order chi connectivity index (χ0) is 14.7. The highest BCUT2D eigenvalue weighted by atomic mass is 19.1. The molecule has 0 aliphatic heterocycles. The molecule has 2 rings (SSSR count). The molecule has 106 valence electrons. The van der Waals surface area contributed by atoms with Gasteiger partial charge in [0.05, 0.1) is 0 Å². The van der Waals surface area contributed by atoms with Gasteiger partial charge in [-0.05, 0) is 19.4 Å². The lowest BCUT2D eigenvalue weighted by atomic mass is 10.0. The Hall–Kier alpha value is -1.94. The molecule has 2 nitrogen and oxygen atoms in total. The maximum atomic E-state index is 13.0. The molecule has 1 unspecified atom stereocenters. The molecular formula is C16H16F2O2. The molecule has 0 saturated heterocycles. The van der Waals surface area contributed by atoms with Crippen LogP contribution in [0.25, 0.3) is 0 Å². The number of aliphatic hydroxyl groups is 1. The molecule has 0 spiro atoms. The van der Waals surface area contributed by atoms with Crippen molar-refractivity contribution in [3.8, 4) is 5.75 Å². The Morgan fingerprint density at radius 1 is 0.950 bits per heavy atom. The maximum Gasteiger partial charge on any atom is 0.129 e. The van der Waals surface area contributed by atoms with Gasteiger partial charge in [-0.2, -0.15) is 0 Å². The van der Waals surface area contributed by atoms with Crippen LogP contribution in [0.3, 0.4) is 0 Å². The second-order valence-electron chi connectivity index (χ2n) is 4.85. The van der Waals surface area contributed by atoms with Crippen LogP contribution in [0.4, 0.5) is 8.78 Å². The lowest BCUT2D eigenvalue weighted by molar-refractivity contribution is 0.107. The molecule has 1 N–H and O–H groups in total. The molecule has 20 heavy (non-hydrogen) atoms. The summed E-state index contributed by atoms with van der Waals surface area (Å²) >= 11 is 0. The van der Waals surface area contributed by atoms with Crippen LogP contribution in [-0.4, -0.2) is 11.7 Å². The SMILES string of the molecule is Cc1cc(C)cc(C(O)COc2cc(F)cc(F)c2)c1. The molecule has 0 fully saturated rings. The fourth-order valence-corrected chi connectivity index (χ4v) is 2.09. The number of ether oxygens (including phenoxy) is 1. The Bertz CT molecular complexity index is 571. The molecule has 2 aromatic carbocycles. The number of benzene rings is 2. The van der Waals surface area contributed by atoms with Gasteiger partial charge in [0.15, 0.2) is 0 Å². The molecule has 0 heterocycles. The van der Waals surface area contributed by atoms with Crippen LogP contribution in [0.5, 0.6) is 5.75 Å². The van der Waals surface area contributed by atoms with Crippen molar-refractivity contribution in [3.05, 3.63) is 64.7 Å². The zero-order valence-electron chi connectivity index (χ0n) is 11.4. The highest BCUT2D eigenvalue weighted by molar-refractivity contribution is 5.30. The van der Waals surface area contributed by atoms with Gasteiger partial charge in [0.1, 0.15) is 30.1 Å². The van der Waals surface area contributed by atoms with Crippen molar-refractivity contribution in [1.82, 2.24) is 0 Å². The fourth-order valence-electron chi connectivity index (χ4n) is 2.09. The quantitative estimate of drug-likeness (QED) is 0.924. The van der Waals surface area contributed by atoms with Gasteiger partial charge in [-0.3, -0.25) is 0 Å². The normalized spacial score (nSPS) is 12.2. The Balaban J connectivity index is 2.06. The molecular weight excluding hydrogens is 262 g/mol. The number of hydrogen-bond acceptors (Lipinski definition) is 2. The van der Waals surface area contributed by atoms with E-state index in [0.29, 0.717) is 0 Å². The predicted molar refractivity (Wildman–Crippen MR) is 72.7 cm³/mol. The summed E-state index contributed by atoms with van der Waals surface area (Å²) in [6.07, 6.45) is -0.847. The topological polar surface area (TPSA) is 29.5 Å². The largest absolute Gasteiger partial charge is 0.490 e. The summed E-state index contributed by atoms with van der Waals surface area (Å²) in [5.74, 6) is -1.35. The van der Waals surface area contributed by atoms with Crippen LogP contribution in [0, 0.1) is 25.5 Å². The van der Waals surface area contributed by atoms with E-state index in [-0.39, 0.29) is 12.4 Å². The van der Waals surface area contributed by atoms with Gasteiger partial charge < -0.3 is 9.84 Å². The summed E-state index contributed by atoms with van der Waals surface area (Å²) < 4.78 is 31.2. The number of aryl methyl sites for hydroxylation is 2. The van der Waals surface area contributed by atoms with E-state index in [2.05, 4.69) is 0 Å². The number of rotatable bonds is 4. The highest BCUT2D eigenvalue weighted by Crippen LogP contribution is 2.20. The van der Waals surface area contributed by atoms with Crippen molar-refractivity contribution < 1.29 is 18.6 Å². The lowest BCUT2D eigenvalue weighted by Gasteiger charge is -2.14. The Kier molecular flexibility index (Phi) is 4.35. The average molecular weight is 278 g/mol. The third-order valence-corrected chi connectivity index (χ3v) is 2.87. The second-order valence-corrected chi connectivity index (χ2v) is 4.85. The van der Waals surface area contributed by atoms with E-state index < -0.39 is 17.7 Å². The smallest absolute Gasteiger partial charge is 0.129 e. The molecule has 0 aliphatic rings. The standard InChI is InChI=1S/C16H16F2O2/c1-10-3-11(2)5-12(4-10)16(19)9-20-15-7-13(17)6-14(18)8-15/h3-8,16,19H,9H2,1-2H3. The van der Waals surface area contributed by atoms with Crippen molar-refractivity contribution in [2.45, 2.75) is 20.0 Å². The molecule has 0 amide bonds. The van der Waals surface area contributed by atoms with Crippen molar-refractivity contribution in [2.75, 3.05) is 6.61 Å². The summed E-state index contributed by atoms with van der Waals surface area (Å²) in [5.41, 5.74) is 2.80. The number of aliphatic hydroxyl groups excluding tert-OH is 1. The van der Waals surface area contributed by atoms with Crippen LogP contribution in [0.15, 0.2) is 36.4 Å². The molecule has 2 aromatic rings. The lowest BCUT2D eigenvalue weighted by Crippen LogP contribution is -2.10. The van der Waals surface area contributed by atoms with E-state index in [4.69, 9.17) is 4.74 Å². The maximum absolute atomic E-state index is 13.0. The van der Waals surface area contributed by atoms with E-state index in [1.807, 2.05) is 32.0 Å². The van der Waals surface area contributed by atoms with Gasteiger partial charge in [0.2, 0.25) is 0 Å². The first-order chi connectivity index (χ1) is 9.44. The Labute approximate surface area is 116 Å². The summed E-state index contributed by atoms with van der Waals surface area (Å²) in [6.45, 7) is 3.81. The van der Waals surface area contributed by atoms with Crippen LogP contribution < -0.4 is 4.74 Å². The van der Waals surface area contributed by atoms with Gasteiger partial charge in [0.25, 0.3) is 0 Å². The van der Waals surface area contributed by atoms with Crippen molar-refractivity contribution in [1.29, 1.82) is 0 Å². The van der Waals surface area contributed by atoms with Crippen molar-refractivity contribution in [3.63, 3.8) is 0 Å². The Morgan fingerprint density at radius 3 is 2.05 bits per heavy atom. The van der Waals surface area contributed by atoms with Crippen LogP contribution in [0.2, 0.25) is 0 Å². The van der Waals surface area contributed by atoms with Gasteiger partial charge in [-0.25, -0.2) is 8.78 Å². The Morgan fingerprint density at radius 2 is 1.50 bits per heavy atom. The van der Waals surface area contributed by atoms with Crippen LogP contribution in [0.1, 0.15) is 22.8 Å². The van der Waals surface area contributed by atoms with Crippen LogP contribution >= 0.6 is 0 Å². The fraction of sp³-hybridized carbons (Fsp3) is 0.250. The van der Waals surface area contributed by atoms with E-state index in [1.54, 1.807) is 0 Å². The monoisotopic (exact) mass is 278 g/mol. The molecule has 1 atom stereocenters. The van der Waals surface area contributed by atoms with Gasteiger partial charge in [-0.1, -0.05) is 29.3 Å². The number of halogens is 2. The summed E-state index contributed by atoms with van der Waals surface area (Å²) in [5, 5.41) is 10.1. The zero-order valence-corrected chi connectivity index (χ0v) is 11.4. The first-order valence-corrected chi connectivity index (χ1v) is 6.29. The van der Waals surface area contributed by atoms with Crippen LogP contribution in [-0.2, 0) is 0 Å². The molecule has 0 radical (unpaired) electrons. The van der Waals surface area contributed by atoms with E-state index in [9.17, 15) is 13.9 Å². The molecule has 0 saturated carbocycles. The molecule has 0 bridgehead atoms. The molecule has 0 aromatic heterocycles. The summed E-state index contributed by atoms with van der Waals surface area (Å²) in [7, 11) is 0. The number of hydrogen-bond donors (Lipinski definition) is 1.